The minimum Gasteiger partial charge on any atom is -0.482 e. The van der Waals surface area contributed by atoms with Crippen molar-refractivity contribution in [1.29, 1.82) is 5.26 Å². The third-order valence-corrected chi connectivity index (χ3v) is 4.36. The Hall–Kier alpha value is -3.92. The molecule has 1 N–H and O–H groups in total. The van der Waals surface area contributed by atoms with Gasteiger partial charge in [-0.05, 0) is 31.5 Å². The summed E-state index contributed by atoms with van der Waals surface area (Å²) >= 11 is 0. The topological polar surface area (TPSA) is 92.3 Å². The Morgan fingerprint density at radius 2 is 1.93 bits per heavy atom. The summed E-state index contributed by atoms with van der Waals surface area (Å²) in [5, 5.41) is 17.6. The molecule has 7 heteroatoms. The largest absolute Gasteiger partial charge is 0.482 e. The summed E-state index contributed by atoms with van der Waals surface area (Å²) in [7, 11) is 0. The van der Waals surface area contributed by atoms with Crippen molar-refractivity contribution in [2.24, 2.45) is 5.10 Å². The van der Waals surface area contributed by atoms with Crippen molar-refractivity contribution >= 4 is 12.1 Å². The maximum atomic E-state index is 12.0. The third kappa shape index (κ3) is 5.08. The minimum atomic E-state index is -0.416. The molecule has 146 valence electrons. The first-order valence-electron chi connectivity index (χ1n) is 9.10. The molecule has 7 nitrogen and oxygen atoms in total. The van der Waals surface area contributed by atoms with Gasteiger partial charge in [-0.25, -0.2) is 5.43 Å². The number of carbonyl (C=O) groups is 1. The molecule has 1 amide bonds. The molecule has 0 aliphatic heterocycles. The second-order valence-electron chi connectivity index (χ2n) is 6.42. The Morgan fingerprint density at radius 3 is 2.69 bits per heavy atom. The van der Waals surface area contributed by atoms with E-state index in [0.29, 0.717) is 17.9 Å². The van der Waals surface area contributed by atoms with Gasteiger partial charge in [-0.15, -0.1) is 0 Å². The van der Waals surface area contributed by atoms with Crippen LogP contribution in [0.3, 0.4) is 0 Å². The van der Waals surface area contributed by atoms with Crippen LogP contribution in [0.1, 0.15) is 28.1 Å². The molecule has 0 fully saturated rings. The zero-order valence-corrected chi connectivity index (χ0v) is 16.3. The van der Waals surface area contributed by atoms with E-state index in [4.69, 9.17) is 10.00 Å². The number of amides is 1. The van der Waals surface area contributed by atoms with E-state index < -0.39 is 5.91 Å². The van der Waals surface area contributed by atoms with Gasteiger partial charge in [-0.1, -0.05) is 42.5 Å². The predicted octanol–water partition coefficient (Wildman–Crippen LogP) is 2.95. The molecule has 29 heavy (non-hydrogen) atoms. The Labute approximate surface area is 169 Å². The summed E-state index contributed by atoms with van der Waals surface area (Å²) in [6.45, 7) is 4.30. The summed E-state index contributed by atoms with van der Waals surface area (Å²) in [4.78, 5) is 12.0. The van der Waals surface area contributed by atoms with Crippen LogP contribution < -0.4 is 10.2 Å². The first kappa shape index (κ1) is 19.8. The fourth-order valence-corrected chi connectivity index (χ4v) is 2.84. The van der Waals surface area contributed by atoms with Crippen LogP contribution in [0.25, 0.3) is 0 Å². The molecule has 0 aliphatic carbocycles. The molecule has 3 aromatic rings. The second-order valence-corrected chi connectivity index (χ2v) is 6.42. The molecule has 1 aromatic heterocycles. The standard InChI is InChI=1S/C22H21N5O2/c1-16-20(17(2)27(26-16)14-18-8-4-3-5-9-18)13-24-25-22(28)15-29-21-11-7-6-10-19(21)12-23/h3-11,13H,14-15H2,1-2H3,(H,25,28)/b24-13+. The van der Waals surface area contributed by atoms with E-state index in [1.807, 2.05) is 42.8 Å². The molecule has 0 atom stereocenters. The highest BCUT2D eigenvalue weighted by Crippen LogP contribution is 2.16. The Balaban J connectivity index is 1.59. The van der Waals surface area contributed by atoms with Gasteiger partial charge in [0.25, 0.3) is 5.91 Å². The zero-order chi connectivity index (χ0) is 20.6. The molecule has 0 aliphatic rings. The SMILES string of the molecule is Cc1nn(Cc2ccccc2)c(C)c1/C=N/NC(=O)COc1ccccc1C#N. The molecule has 0 bridgehead atoms. The number of nitrogens with one attached hydrogen (secondary N) is 1. The Bertz CT molecular complexity index is 1060. The number of aryl methyl sites for hydroxylation is 1. The van der Waals surface area contributed by atoms with E-state index in [9.17, 15) is 4.79 Å². The number of para-hydroxylation sites is 1. The van der Waals surface area contributed by atoms with Crippen LogP contribution in [0.2, 0.25) is 0 Å². The molecule has 0 unspecified atom stereocenters. The highest BCUT2D eigenvalue weighted by Gasteiger charge is 2.10. The average molecular weight is 387 g/mol. The summed E-state index contributed by atoms with van der Waals surface area (Å²) in [5.41, 5.74) is 6.62. The second kappa shape index (κ2) is 9.33. The summed E-state index contributed by atoms with van der Waals surface area (Å²) in [6.07, 6.45) is 1.58. The molecule has 0 saturated carbocycles. The monoisotopic (exact) mass is 387 g/mol. The van der Waals surface area contributed by atoms with E-state index in [2.05, 4.69) is 27.8 Å². The van der Waals surface area contributed by atoms with Crippen molar-refractivity contribution in [1.82, 2.24) is 15.2 Å². The van der Waals surface area contributed by atoms with Crippen molar-refractivity contribution in [2.75, 3.05) is 6.61 Å². The normalized spacial score (nSPS) is 10.7. The van der Waals surface area contributed by atoms with E-state index in [1.165, 1.54) is 0 Å². The zero-order valence-electron chi connectivity index (χ0n) is 16.3. The summed E-state index contributed by atoms with van der Waals surface area (Å²) in [6, 6.07) is 18.8. The van der Waals surface area contributed by atoms with E-state index in [0.717, 1.165) is 22.5 Å². The Morgan fingerprint density at radius 1 is 1.21 bits per heavy atom. The van der Waals surface area contributed by atoms with Crippen LogP contribution in [0.5, 0.6) is 5.75 Å². The lowest BCUT2D eigenvalue weighted by Crippen LogP contribution is -2.24. The van der Waals surface area contributed by atoms with Crippen molar-refractivity contribution in [3.05, 3.63) is 82.7 Å². The van der Waals surface area contributed by atoms with Crippen molar-refractivity contribution in [3.63, 3.8) is 0 Å². The van der Waals surface area contributed by atoms with Crippen molar-refractivity contribution in [3.8, 4) is 11.8 Å². The van der Waals surface area contributed by atoms with Crippen LogP contribution in [0.15, 0.2) is 59.7 Å². The number of rotatable bonds is 7. The maximum Gasteiger partial charge on any atom is 0.277 e. The predicted molar refractivity (Wildman–Crippen MR) is 110 cm³/mol. The van der Waals surface area contributed by atoms with E-state index in [-0.39, 0.29) is 6.61 Å². The number of nitriles is 1. The van der Waals surface area contributed by atoms with Crippen molar-refractivity contribution in [2.45, 2.75) is 20.4 Å². The number of nitrogens with zero attached hydrogens (tertiary/aromatic N) is 4. The van der Waals surface area contributed by atoms with Crippen LogP contribution in [-0.2, 0) is 11.3 Å². The molecule has 1 heterocycles. The summed E-state index contributed by atoms with van der Waals surface area (Å²) in [5.74, 6) is -0.0519. The summed E-state index contributed by atoms with van der Waals surface area (Å²) < 4.78 is 7.30. The molecule has 3 rings (SSSR count). The van der Waals surface area contributed by atoms with Gasteiger partial charge in [-0.3, -0.25) is 9.48 Å². The van der Waals surface area contributed by atoms with Gasteiger partial charge in [0.15, 0.2) is 6.61 Å². The van der Waals surface area contributed by atoms with Crippen LogP contribution in [0.4, 0.5) is 0 Å². The van der Waals surface area contributed by atoms with Crippen LogP contribution in [0, 0.1) is 25.2 Å². The Kier molecular flexibility index (Phi) is 6.38. The van der Waals surface area contributed by atoms with Gasteiger partial charge in [0, 0.05) is 11.3 Å². The van der Waals surface area contributed by atoms with Gasteiger partial charge in [0.05, 0.1) is 24.0 Å². The van der Waals surface area contributed by atoms with Gasteiger partial charge in [0.2, 0.25) is 0 Å². The molecule has 0 radical (unpaired) electrons. The lowest BCUT2D eigenvalue weighted by atomic mass is 10.2. The lowest BCUT2D eigenvalue weighted by Gasteiger charge is -2.06. The average Bonchev–Trinajstić information content (AvgIpc) is 3.00. The fraction of sp³-hybridized carbons (Fsp3) is 0.182. The minimum absolute atomic E-state index is 0.235. The molecule has 0 spiro atoms. The maximum absolute atomic E-state index is 12.0. The fourth-order valence-electron chi connectivity index (χ4n) is 2.84. The number of carbonyl (C=O) groups excluding carboxylic acids is 1. The van der Waals surface area contributed by atoms with Gasteiger partial charge in [0.1, 0.15) is 11.8 Å². The number of benzene rings is 2. The lowest BCUT2D eigenvalue weighted by molar-refractivity contribution is -0.123. The van der Waals surface area contributed by atoms with Gasteiger partial charge < -0.3 is 4.74 Å². The molecular weight excluding hydrogens is 366 g/mol. The molecular formula is C22H21N5O2. The first-order chi connectivity index (χ1) is 14.1. The third-order valence-electron chi connectivity index (χ3n) is 4.36. The van der Waals surface area contributed by atoms with E-state index in [1.54, 1.807) is 30.5 Å². The highest BCUT2D eigenvalue weighted by atomic mass is 16.5. The van der Waals surface area contributed by atoms with Crippen LogP contribution >= 0.6 is 0 Å². The number of ether oxygens (including phenoxy) is 1. The van der Waals surface area contributed by atoms with Gasteiger partial charge >= 0.3 is 0 Å². The molecule has 2 aromatic carbocycles. The number of hydrogen-bond acceptors (Lipinski definition) is 5. The van der Waals surface area contributed by atoms with Crippen molar-refractivity contribution < 1.29 is 9.53 Å². The van der Waals surface area contributed by atoms with Gasteiger partial charge in [-0.2, -0.15) is 15.5 Å². The number of hydrazone groups is 1. The quantitative estimate of drug-likeness (QED) is 0.498. The highest BCUT2D eigenvalue weighted by molar-refractivity contribution is 5.84. The van der Waals surface area contributed by atoms with Crippen LogP contribution in [-0.4, -0.2) is 28.5 Å². The number of hydrogen-bond donors (Lipinski definition) is 1. The molecule has 0 saturated heterocycles. The first-order valence-corrected chi connectivity index (χ1v) is 9.10. The smallest absolute Gasteiger partial charge is 0.277 e. The number of aromatic nitrogens is 2. The van der Waals surface area contributed by atoms with E-state index >= 15 is 0 Å².